The number of nitrogens with zero attached hydrogens (tertiary/aromatic N) is 1. The molecule has 0 aliphatic carbocycles. The zero-order chi connectivity index (χ0) is 8.43. The minimum Gasteiger partial charge on any atom is -1.00 e. The Balaban J connectivity index is 0.00000121. The van der Waals surface area contributed by atoms with Crippen LogP contribution >= 0.6 is 0 Å². The van der Waals surface area contributed by atoms with Gasteiger partial charge in [-0.25, -0.2) is 0 Å². The van der Waals surface area contributed by atoms with E-state index in [9.17, 15) is 0 Å². The molecule has 0 saturated carbocycles. The molecule has 1 unspecified atom stereocenters. The second kappa shape index (κ2) is 4.73. The van der Waals surface area contributed by atoms with Crippen molar-refractivity contribution < 1.29 is 17.3 Å². The van der Waals surface area contributed by atoms with Gasteiger partial charge in [0.1, 0.15) is 6.20 Å². The molecule has 0 amide bonds. The normalized spacial score (nSPS) is 22.2. The molecule has 0 saturated heterocycles. The molecule has 12 heavy (non-hydrogen) atoms. The lowest BCUT2D eigenvalue weighted by molar-refractivity contribution is -0.872. The first-order valence-electron chi connectivity index (χ1n) is 4.41. The lowest BCUT2D eigenvalue weighted by Crippen LogP contribution is -3.10. The Morgan fingerprint density at radius 3 is 2.08 bits per heavy atom. The molecule has 72 valence electrons. The molecule has 2 nitrogen and oxygen atoms in total. The third kappa shape index (κ3) is 2.68. The van der Waals surface area contributed by atoms with Crippen molar-refractivity contribution in [1.82, 2.24) is 4.90 Å². The van der Waals surface area contributed by atoms with Gasteiger partial charge in [-0.1, -0.05) is 0 Å². The maximum atomic E-state index is 2.37. The fourth-order valence-corrected chi connectivity index (χ4v) is 1.24. The van der Waals surface area contributed by atoms with Gasteiger partial charge in [-0.3, -0.25) is 4.90 Å². The molecule has 0 aromatic carbocycles. The van der Waals surface area contributed by atoms with Gasteiger partial charge in [-0.2, -0.15) is 0 Å². The first-order valence-corrected chi connectivity index (χ1v) is 4.41. The monoisotopic (exact) mass is 190 g/mol. The van der Waals surface area contributed by atoms with Gasteiger partial charge >= 0.3 is 0 Å². The van der Waals surface area contributed by atoms with Gasteiger partial charge in [0, 0.05) is 6.04 Å². The summed E-state index contributed by atoms with van der Waals surface area (Å²) in [7, 11) is 0. The van der Waals surface area contributed by atoms with E-state index in [0.29, 0.717) is 12.1 Å². The third-order valence-corrected chi connectivity index (χ3v) is 2.25. The van der Waals surface area contributed by atoms with Crippen LogP contribution in [0.1, 0.15) is 27.7 Å². The van der Waals surface area contributed by atoms with E-state index in [1.807, 2.05) is 0 Å². The van der Waals surface area contributed by atoms with Gasteiger partial charge in [0.25, 0.3) is 0 Å². The largest absolute Gasteiger partial charge is 1.00 e. The second-order valence-electron chi connectivity index (χ2n) is 3.81. The molecule has 0 radical (unpaired) electrons. The molecule has 0 bridgehead atoms. The number of hydrogen-bond donors (Lipinski definition) is 1. The van der Waals surface area contributed by atoms with Gasteiger partial charge in [0.2, 0.25) is 0 Å². The molecular weight excluding hydrogens is 172 g/mol. The minimum atomic E-state index is 0. The molecular formula is C9H19ClN2. The predicted octanol–water partition coefficient (Wildman–Crippen LogP) is -2.56. The minimum absolute atomic E-state index is 0. The smallest absolute Gasteiger partial charge is 0.157 e. The average molecular weight is 191 g/mol. The van der Waals surface area contributed by atoms with Crippen LogP contribution in [0, 0.1) is 0 Å². The maximum Gasteiger partial charge on any atom is 0.157 e. The Morgan fingerprint density at radius 2 is 1.83 bits per heavy atom. The summed E-state index contributed by atoms with van der Waals surface area (Å²) < 4.78 is 0. The summed E-state index contributed by atoms with van der Waals surface area (Å²) in [5.74, 6) is 0. The zero-order valence-electron chi connectivity index (χ0n) is 8.34. The third-order valence-electron chi connectivity index (χ3n) is 2.25. The van der Waals surface area contributed by atoms with Crippen molar-refractivity contribution in [2.24, 2.45) is 0 Å². The van der Waals surface area contributed by atoms with Gasteiger partial charge in [-0.15, -0.1) is 0 Å². The van der Waals surface area contributed by atoms with E-state index in [1.165, 1.54) is 0 Å². The summed E-state index contributed by atoms with van der Waals surface area (Å²) in [6.45, 7) is 10.1. The molecule has 0 aromatic rings. The topological polar surface area (TPSA) is 7.68 Å². The van der Waals surface area contributed by atoms with Crippen molar-refractivity contribution in [2.75, 3.05) is 6.67 Å². The molecule has 1 atom stereocenters. The molecule has 1 N–H and O–H groups in total. The average Bonchev–Trinajstić information content (AvgIpc) is 2.33. The van der Waals surface area contributed by atoms with Crippen LogP contribution in [0.15, 0.2) is 12.4 Å². The molecule has 0 aromatic heterocycles. The van der Waals surface area contributed by atoms with E-state index in [0.717, 1.165) is 6.67 Å². The summed E-state index contributed by atoms with van der Waals surface area (Å²) in [5.41, 5.74) is 0. The molecule has 1 rings (SSSR count). The number of halogens is 1. The van der Waals surface area contributed by atoms with Crippen molar-refractivity contribution in [1.29, 1.82) is 0 Å². The van der Waals surface area contributed by atoms with Crippen molar-refractivity contribution >= 4 is 0 Å². The van der Waals surface area contributed by atoms with Gasteiger partial charge in [-0.05, 0) is 27.7 Å². The van der Waals surface area contributed by atoms with Crippen molar-refractivity contribution in [3.63, 3.8) is 0 Å². The summed E-state index contributed by atoms with van der Waals surface area (Å²) in [5, 5.41) is 0. The van der Waals surface area contributed by atoms with Gasteiger partial charge < -0.3 is 17.3 Å². The Labute approximate surface area is 81.6 Å². The number of hydrogen-bond acceptors (Lipinski definition) is 1. The SMILES string of the molecule is CC(C)N1C=C[NH+](C(C)C)C1.[Cl-]. The molecule has 1 heterocycles. The fraction of sp³-hybridized carbons (Fsp3) is 0.778. The summed E-state index contributed by atoms with van der Waals surface area (Å²) >= 11 is 0. The van der Waals surface area contributed by atoms with E-state index in [1.54, 1.807) is 4.90 Å². The van der Waals surface area contributed by atoms with Crippen LogP contribution in [-0.2, 0) is 0 Å². The summed E-state index contributed by atoms with van der Waals surface area (Å²) in [4.78, 5) is 3.92. The highest BCUT2D eigenvalue weighted by Crippen LogP contribution is 1.98. The van der Waals surface area contributed by atoms with Crippen LogP contribution in [-0.4, -0.2) is 23.7 Å². The number of nitrogens with one attached hydrogen (secondary N) is 1. The molecule has 1 aliphatic heterocycles. The molecule has 3 heteroatoms. The first-order chi connectivity index (χ1) is 5.11. The lowest BCUT2D eigenvalue weighted by Gasteiger charge is -2.22. The Hall–Kier alpha value is -0.210. The van der Waals surface area contributed by atoms with Crippen LogP contribution in [0.25, 0.3) is 0 Å². The zero-order valence-corrected chi connectivity index (χ0v) is 9.10. The van der Waals surface area contributed by atoms with Crippen molar-refractivity contribution in [3.8, 4) is 0 Å². The molecule has 0 spiro atoms. The molecule has 0 fully saturated rings. The number of quaternary nitrogens is 1. The Kier molecular flexibility index (Phi) is 4.64. The highest BCUT2D eigenvalue weighted by Gasteiger charge is 2.20. The van der Waals surface area contributed by atoms with Crippen LogP contribution in [0.3, 0.4) is 0 Å². The Bertz CT molecular complexity index is 139. The first kappa shape index (κ1) is 11.8. The Morgan fingerprint density at radius 1 is 1.25 bits per heavy atom. The summed E-state index contributed by atoms with van der Waals surface area (Å²) in [6.07, 6.45) is 4.46. The van der Waals surface area contributed by atoms with E-state index in [-0.39, 0.29) is 12.4 Å². The molecule has 1 aliphatic rings. The van der Waals surface area contributed by atoms with Crippen molar-refractivity contribution in [2.45, 2.75) is 39.8 Å². The lowest BCUT2D eigenvalue weighted by atomic mass is 10.3. The highest BCUT2D eigenvalue weighted by molar-refractivity contribution is 4.80. The van der Waals surface area contributed by atoms with Crippen LogP contribution in [0.4, 0.5) is 0 Å². The summed E-state index contributed by atoms with van der Waals surface area (Å²) in [6, 6.07) is 1.34. The van der Waals surface area contributed by atoms with Gasteiger partial charge in [0.05, 0.1) is 12.2 Å². The van der Waals surface area contributed by atoms with Gasteiger partial charge in [0.15, 0.2) is 6.67 Å². The maximum absolute atomic E-state index is 2.37. The second-order valence-corrected chi connectivity index (χ2v) is 3.81. The van der Waals surface area contributed by atoms with Crippen LogP contribution in [0.2, 0.25) is 0 Å². The van der Waals surface area contributed by atoms with E-state index < -0.39 is 0 Å². The highest BCUT2D eigenvalue weighted by atomic mass is 35.5. The predicted molar refractivity (Wildman–Crippen MR) is 47.1 cm³/mol. The van der Waals surface area contributed by atoms with Crippen LogP contribution < -0.4 is 17.3 Å². The number of rotatable bonds is 2. The fourth-order valence-electron chi connectivity index (χ4n) is 1.24. The quantitative estimate of drug-likeness (QED) is 0.504. The van der Waals surface area contributed by atoms with E-state index >= 15 is 0 Å². The van der Waals surface area contributed by atoms with Crippen LogP contribution in [0.5, 0.6) is 0 Å². The van der Waals surface area contributed by atoms with E-state index in [2.05, 4.69) is 45.0 Å². The van der Waals surface area contributed by atoms with E-state index in [4.69, 9.17) is 0 Å². The standard InChI is InChI=1S/C9H18N2.ClH/c1-8(2)10-5-6-11(7-10)9(3)4;/h5-6,8-9H,7H2,1-4H3;1H. The van der Waals surface area contributed by atoms with Crippen molar-refractivity contribution in [3.05, 3.63) is 12.4 Å².